The van der Waals surface area contributed by atoms with E-state index in [-0.39, 0.29) is 29.9 Å². The zero-order valence-corrected chi connectivity index (χ0v) is 22.5. The van der Waals surface area contributed by atoms with Crippen LogP contribution >= 0.6 is 11.3 Å². The highest BCUT2D eigenvalue weighted by atomic mass is 32.2. The van der Waals surface area contributed by atoms with Gasteiger partial charge in [0.05, 0.1) is 17.0 Å². The number of rotatable bonds is 8. The molecule has 198 valence electrons. The number of carbonyl (C=O) groups excluding carboxylic acids is 2. The number of aromatic nitrogens is 1. The molecule has 0 radical (unpaired) electrons. The topological polar surface area (TPSA) is 129 Å². The van der Waals surface area contributed by atoms with Gasteiger partial charge in [0.15, 0.2) is 5.03 Å². The van der Waals surface area contributed by atoms with Crippen molar-refractivity contribution in [3.05, 3.63) is 59.6 Å². The predicted molar refractivity (Wildman–Crippen MR) is 143 cm³/mol. The van der Waals surface area contributed by atoms with Crippen molar-refractivity contribution in [3.63, 3.8) is 0 Å². The molecule has 0 spiro atoms. The Bertz CT molecular complexity index is 1310. The van der Waals surface area contributed by atoms with Crippen LogP contribution in [-0.2, 0) is 14.8 Å². The van der Waals surface area contributed by atoms with Crippen LogP contribution in [0.15, 0.2) is 59.8 Å². The average molecular weight is 545 g/mol. The zero-order chi connectivity index (χ0) is 26.6. The summed E-state index contributed by atoms with van der Waals surface area (Å²) >= 11 is 1.37. The molecule has 11 heteroatoms. The van der Waals surface area contributed by atoms with Gasteiger partial charge < -0.3 is 15.7 Å². The lowest BCUT2D eigenvalue weighted by Crippen LogP contribution is -2.54. The molecule has 1 saturated heterocycles. The Hall–Kier alpha value is -2.86. The number of hydrogen-bond donors (Lipinski definition) is 3. The number of aliphatic hydroxyl groups excluding tert-OH is 1. The highest BCUT2D eigenvalue weighted by Gasteiger charge is 2.35. The van der Waals surface area contributed by atoms with Gasteiger partial charge in [0.25, 0.3) is 15.9 Å². The number of nitrogens with zero attached hydrogens (tertiary/aromatic N) is 2. The molecule has 1 aliphatic heterocycles. The SMILES string of the molecule is CC(C)C[C@H](NC(=O)c1cc2ccccc2s1)C(=O)NC1CCCN(S(=O)(=O)c2ccccn2)CC1O. The summed E-state index contributed by atoms with van der Waals surface area (Å²) in [6, 6.07) is 12.7. The maximum absolute atomic E-state index is 13.3. The summed E-state index contributed by atoms with van der Waals surface area (Å²) < 4.78 is 28.2. The lowest BCUT2D eigenvalue weighted by Gasteiger charge is -2.27. The molecule has 37 heavy (non-hydrogen) atoms. The summed E-state index contributed by atoms with van der Waals surface area (Å²) in [7, 11) is -3.87. The van der Waals surface area contributed by atoms with Crippen LogP contribution in [0.5, 0.6) is 0 Å². The molecule has 3 N–H and O–H groups in total. The number of benzene rings is 1. The second-order valence-corrected chi connectivity index (χ2v) is 12.6. The van der Waals surface area contributed by atoms with Crippen LogP contribution in [0.25, 0.3) is 10.1 Å². The summed E-state index contributed by atoms with van der Waals surface area (Å²) in [5.74, 6) is -0.583. The monoisotopic (exact) mass is 544 g/mol. The Labute approximate surface area is 221 Å². The van der Waals surface area contributed by atoms with Crippen molar-refractivity contribution in [1.29, 1.82) is 0 Å². The lowest BCUT2D eigenvalue weighted by atomic mass is 10.0. The van der Waals surface area contributed by atoms with Crippen molar-refractivity contribution < 1.29 is 23.1 Å². The van der Waals surface area contributed by atoms with Crippen molar-refractivity contribution in [2.24, 2.45) is 5.92 Å². The number of β-amino-alcohol motifs (C(OH)–C–C–N with tert-alkyl or cyclic N) is 1. The Morgan fingerprint density at radius 2 is 1.95 bits per heavy atom. The fourth-order valence-corrected chi connectivity index (χ4v) is 6.83. The first kappa shape index (κ1) is 27.2. The van der Waals surface area contributed by atoms with Gasteiger partial charge in [-0.1, -0.05) is 38.1 Å². The fraction of sp³-hybridized carbons (Fsp3) is 0.423. The van der Waals surface area contributed by atoms with Gasteiger partial charge in [-0.3, -0.25) is 9.59 Å². The summed E-state index contributed by atoms with van der Waals surface area (Å²) in [5.41, 5.74) is 0. The van der Waals surface area contributed by atoms with E-state index in [2.05, 4.69) is 15.6 Å². The molecular formula is C26H32N4O5S2. The molecule has 2 unspecified atom stereocenters. The molecule has 3 aromatic rings. The standard InChI is InChI=1S/C26H32N4O5S2/c1-17(2)14-20(29-26(33)23-15-18-8-3-4-10-22(18)36-23)25(32)28-19-9-7-13-30(16-21(19)31)37(34,35)24-11-5-6-12-27-24/h3-6,8,10-12,15,17,19-21,31H,7,9,13-14,16H2,1-2H3,(H,28,32)(H,29,33)/t19?,20-,21?/m0/s1. The van der Waals surface area contributed by atoms with Gasteiger partial charge in [-0.2, -0.15) is 4.31 Å². The van der Waals surface area contributed by atoms with Crippen molar-refractivity contribution in [2.75, 3.05) is 13.1 Å². The minimum absolute atomic E-state index is 0.0781. The molecule has 2 amide bonds. The van der Waals surface area contributed by atoms with E-state index in [1.807, 2.05) is 44.2 Å². The second kappa shape index (κ2) is 11.7. The van der Waals surface area contributed by atoms with E-state index >= 15 is 0 Å². The first-order chi connectivity index (χ1) is 17.6. The maximum atomic E-state index is 13.3. The van der Waals surface area contributed by atoms with E-state index < -0.39 is 34.1 Å². The number of aliphatic hydroxyl groups is 1. The number of nitrogens with one attached hydrogen (secondary N) is 2. The van der Waals surface area contributed by atoms with Crippen molar-refractivity contribution in [1.82, 2.24) is 19.9 Å². The molecule has 0 aliphatic carbocycles. The highest BCUT2D eigenvalue weighted by Crippen LogP contribution is 2.25. The molecule has 2 aromatic heterocycles. The third-order valence-electron chi connectivity index (χ3n) is 6.33. The van der Waals surface area contributed by atoms with Crippen LogP contribution in [0.4, 0.5) is 0 Å². The third-order valence-corrected chi connectivity index (χ3v) is 9.22. The number of sulfonamides is 1. The fourth-order valence-electron chi connectivity index (χ4n) is 4.44. The van der Waals surface area contributed by atoms with Crippen LogP contribution in [0.3, 0.4) is 0 Å². The van der Waals surface area contributed by atoms with E-state index in [0.29, 0.717) is 24.1 Å². The molecule has 3 heterocycles. The van der Waals surface area contributed by atoms with Gasteiger partial charge >= 0.3 is 0 Å². The Balaban J connectivity index is 1.43. The summed E-state index contributed by atoms with van der Waals surface area (Å²) in [6.45, 7) is 3.98. The molecule has 1 aliphatic rings. The third kappa shape index (κ3) is 6.53. The largest absolute Gasteiger partial charge is 0.390 e. The number of pyridine rings is 1. The summed E-state index contributed by atoms with van der Waals surface area (Å²) in [5, 5.41) is 17.5. The van der Waals surface area contributed by atoms with E-state index in [9.17, 15) is 23.1 Å². The zero-order valence-electron chi connectivity index (χ0n) is 20.8. The number of carbonyl (C=O) groups is 2. The smallest absolute Gasteiger partial charge is 0.262 e. The maximum Gasteiger partial charge on any atom is 0.262 e. The predicted octanol–water partition coefficient (Wildman–Crippen LogP) is 2.77. The molecule has 1 fully saturated rings. The number of amides is 2. The van der Waals surface area contributed by atoms with Crippen LogP contribution in [0.2, 0.25) is 0 Å². The van der Waals surface area contributed by atoms with Gasteiger partial charge in [-0.15, -0.1) is 11.3 Å². The van der Waals surface area contributed by atoms with Crippen LogP contribution in [-0.4, -0.2) is 65.9 Å². The average Bonchev–Trinajstić information content (AvgIpc) is 3.23. The first-order valence-electron chi connectivity index (χ1n) is 12.3. The molecule has 0 bridgehead atoms. The van der Waals surface area contributed by atoms with Crippen molar-refractivity contribution in [3.8, 4) is 0 Å². The van der Waals surface area contributed by atoms with E-state index in [4.69, 9.17) is 0 Å². The number of thiophene rings is 1. The second-order valence-electron chi connectivity index (χ2n) is 9.66. The minimum Gasteiger partial charge on any atom is -0.390 e. The molecule has 0 saturated carbocycles. The van der Waals surface area contributed by atoms with Crippen LogP contribution in [0, 0.1) is 5.92 Å². The Kier molecular flexibility index (Phi) is 8.58. The molecule has 4 rings (SSSR count). The number of hydrogen-bond acceptors (Lipinski definition) is 7. The van der Waals surface area contributed by atoms with E-state index in [1.54, 1.807) is 12.1 Å². The minimum atomic E-state index is -3.87. The van der Waals surface area contributed by atoms with Gasteiger partial charge in [-0.25, -0.2) is 13.4 Å². The number of fused-ring (bicyclic) bond motifs is 1. The van der Waals surface area contributed by atoms with Crippen molar-refractivity contribution >= 4 is 43.3 Å². The molecule has 1 aromatic carbocycles. The molecular weight excluding hydrogens is 512 g/mol. The molecule has 9 nitrogen and oxygen atoms in total. The molecule has 3 atom stereocenters. The van der Waals surface area contributed by atoms with Gasteiger partial charge in [0.2, 0.25) is 5.91 Å². The van der Waals surface area contributed by atoms with Gasteiger partial charge in [-0.05, 0) is 54.8 Å². The first-order valence-corrected chi connectivity index (χ1v) is 14.6. The van der Waals surface area contributed by atoms with Gasteiger partial charge in [0.1, 0.15) is 6.04 Å². The normalized spacial score (nSPS) is 19.9. The lowest BCUT2D eigenvalue weighted by molar-refractivity contribution is -0.125. The van der Waals surface area contributed by atoms with E-state index in [0.717, 1.165) is 10.1 Å². The Morgan fingerprint density at radius 1 is 1.19 bits per heavy atom. The van der Waals surface area contributed by atoms with Gasteiger partial charge in [0, 0.05) is 24.0 Å². The summed E-state index contributed by atoms with van der Waals surface area (Å²) in [6.07, 6.45) is 1.58. The van der Waals surface area contributed by atoms with Crippen LogP contribution < -0.4 is 10.6 Å². The highest BCUT2D eigenvalue weighted by molar-refractivity contribution is 7.89. The van der Waals surface area contributed by atoms with E-state index in [1.165, 1.54) is 27.9 Å². The van der Waals surface area contributed by atoms with Crippen molar-refractivity contribution in [2.45, 2.75) is 56.3 Å². The Morgan fingerprint density at radius 3 is 2.65 bits per heavy atom. The summed E-state index contributed by atoms with van der Waals surface area (Å²) in [4.78, 5) is 30.7. The van der Waals surface area contributed by atoms with Crippen LogP contribution in [0.1, 0.15) is 42.8 Å². The quantitative estimate of drug-likeness (QED) is 0.400.